The molecule has 1 aliphatic heterocycles. The molecule has 1 saturated heterocycles. The fraction of sp³-hybridized carbons (Fsp3) is 0.0625. The lowest BCUT2D eigenvalue weighted by atomic mass is 10.1. The van der Waals surface area contributed by atoms with Gasteiger partial charge in [-0.1, -0.05) is 12.1 Å². The number of hydrogen-bond acceptors (Lipinski definition) is 4. The molecule has 3 rings (SSSR count). The maximum atomic E-state index is 11.6. The largest absolute Gasteiger partial charge is 0.355 e. The first-order valence-corrected chi connectivity index (χ1v) is 8.05. The van der Waals surface area contributed by atoms with Crippen LogP contribution in [-0.4, -0.2) is 24.0 Å². The fourth-order valence-electron chi connectivity index (χ4n) is 2.14. The van der Waals surface area contributed by atoms with Gasteiger partial charge in [0.2, 0.25) is 0 Å². The molecule has 2 aromatic rings. The molecule has 2 heterocycles. The number of thiocarbonyl (C=S) groups is 1. The van der Waals surface area contributed by atoms with Crippen LogP contribution in [0.5, 0.6) is 0 Å². The minimum Gasteiger partial charge on any atom is -0.355 e. The zero-order chi connectivity index (χ0) is 16.4. The quantitative estimate of drug-likeness (QED) is 0.590. The van der Waals surface area contributed by atoms with E-state index in [0.29, 0.717) is 16.4 Å². The first-order valence-electron chi connectivity index (χ1n) is 6.83. The van der Waals surface area contributed by atoms with Crippen LogP contribution in [0.25, 0.3) is 16.5 Å². The van der Waals surface area contributed by atoms with Crippen LogP contribution in [0.3, 0.4) is 0 Å². The van der Waals surface area contributed by atoms with E-state index >= 15 is 0 Å². The normalized spacial score (nSPS) is 15.4. The summed E-state index contributed by atoms with van der Waals surface area (Å²) in [5.74, 6) is -0.331. The Kier molecular flexibility index (Phi) is 4.22. The maximum Gasteiger partial charge on any atom is 0.273 e. The lowest BCUT2D eigenvalue weighted by Crippen LogP contribution is -2.21. The number of hydrogen-bond donors (Lipinski definition) is 3. The van der Waals surface area contributed by atoms with Gasteiger partial charge in [0.15, 0.2) is 5.11 Å². The minimum absolute atomic E-state index is 0.109. The highest BCUT2D eigenvalue weighted by Gasteiger charge is 2.20. The van der Waals surface area contributed by atoms with Gasteiger partial charge >= 0.3 is 0 Å². The Labute approximate surface area is 142 Å². The van der Waals surface area contributed by atoms with Gasteiger partial charge in [0.05, 0.1) is 0 Å². The summed E-state index contributed by atoms with van der Waals surface area (Å²) in [4.78, 5) is 25.2. The van der Waals surface area contributed by atoms with Crippen LogP contribution in [0.4, 0.5) is 0 Å². The molecule has 0 aliphatic carbocycles. The van der Waals surface area contributed by atoms with Crippen molar-refractivity contribution in [3.63, 3.8) is 0 Å². The van der Waals surface area contributed by atoms with E-state index in [0.717, 1.165) is 15.3 Å². The molecule has 0 bridgehead atoms. The van der Waals surface area contributed by atoms with Crippen LogP contribution in [0, 0.1) is 0 Å². The summed E-state index contributed by atoms with van der Waals surface area (Å²) < 4.78 is 0. The Morgan fingerprint density at radius 1 is 1.17 bits per heavy atom. The van der Waals surface area contributed by atoms with Crippen LogP contribution in [0.15, 0.2) is 42.1 Å². The van der Waals surface area contributed by atoms with Gasteiger partial charge in [-0.2, -0.15) is 0 Å². The Morgan fingerprint density at radius 3 is 2.52 bits per heavy atom. The van der Waals surface area contributed by atoms with Gasteiger partial charge in [-0.05, 0) is 48.1 Å². The molecule has 3 N–H and O–H groups in total. The molecule has 7 heteroatoms. The molecule has 1 aromatic carbocycles. The van der Waals surface area contributed by atoms with Gasteiger partial charge in [-0.25, -0.2) is 0 Å². The van der Waals surface area contributed by atoms with E-state index in [1.807, 2.05) is 24.3 Å². The zero-order valence-electron chi connectivity index (χ0n) is 12.2. The molecule has 23 heavy (non-hydrogen) atoms. The molecule has 116 valence electrons. The molecule has 0 spiro atoms. The predicted octanol–water partition coefficient (Wildman–Crippen LogP) is 2.12. The standard InChI is InChI=1S/C16H13N3O2S2/c1-17-14(20)10-4-2-9(3-5-10)13-7-6-11(23-13)8-12-15(21)19-16(22)18-12/h2-8H,1H3,(H,17,20)(H2,18,19,21,22)/b12-8-. The van der Waals surface area contributed by atoms with Gasteiger partial charge in [-0.3, -0.25) is 14.9 Å². The van der Waals surface area contributed by atoms with Gasteiger partial charge in [0.25, 0.3) is 11.8 Å². The molecule has 1 aliphatic rings. The van der Waals surface area contributed by atoms with E-state index in [9.17, 15) is 9.59 Å². The van der Waals surface area contributed by atoms with Crippen LogP contribution in [0.1, 0.15) is 15.2 Å². The molecule has 0 saturated carbocycles. The number of nitrogens with one attached hydrogen (secondary N) is 3. The van der Waals surface area contributed by atoms with Crippen molar-refractivity contribution in [2.45, 2.75) is 0 Å². The maximum absolute atomic E-state index is 11.6. The van der Waals surface area contributed by atoms with Gasteiger partial charge in [0.1, 0.15) is 5.70 Å². The van der Waals surface area contributed by atoms with E-state index in [1.165, 1.54) is 0 Å². The van der Waals surface area contributed by atoms with Crippen LogP contribution in [0.2, 0.25) is 0 Å². The van der Waals surface area contributed by atoms with E-state index in [4.69, 9.17) is 12.2 Å². The Hall–Kier alpha value is -2.51. The molecule has 2 amide bonds. The molecular weight excluding hydrogens is 330 g/mol. The number of benzene rings is 1. The Morgan fingerprint density at radius 2 is 1.91 bits per heavy atom. The number of rotatable bonds is 3. The lowest BCUT2D eigenvalue weighted by molar-refractivity contribution is -0.115. The Bertz CT molecular complexity index is 822. The summed E-state index contributed by atoms with van der Waals surface area (Å²) in [5.41, 5.74) is 2.08. The van der Waals surface area contributed by atoms with E-state index in [1.54, 1.807) is 36.6 Å². The molecule has 0 atom stereocenters. The number of amides is 2. The zero-order valence-corrected chi connectivity index (χ0v) is 13.8. The highest BCUT2D eigenvalue weighted by atomic mass is 32.1. The second-order valence-electron chi connectivity index (χ2n) is 4.82. The third-order valence-electron chi connectivity index (χ3n) is 3.29. The SMILES string of the molecule is CNC(=O)c1ccc(-c2ccc(/C=C3\NC(=S)NC3=O)s2)cc1. The van der Waals surface area contributed by atoms with Crippen molar-refractivity contribution in [3.05, 3.63) is 52.5 Å². The summed E-state index contributed by atoms with van der Waals surface area (Å²) in [5, 5.41) is 8.26. The van der Waals surface area contributed by atoms with Gasteiger partial charge in [-0.15, -0.1) is 11.3 Å². The molecule has 0 radical (unpaired) electrons. The first kappa shape index (κ1) is 15.4. The van der Waals surface area contributed by atoms with Crippen molar-refractivity contribution in [2.75, 3.05) is 7.05 Å². The van der Waals surface area contributed by atoms with Crippen molar-refractivity contribution in [1.82, 2.24) is 16.0 Å². The molecular formula is C16H13N3O2S2. The van der Waals surface area contributed by atoms with E-state index in [2.05, 4.69) is 16.0 Å². The molecule has 5 nitrogen and oxygen atoms in total. The number of carbonyl (C=O) groups is 2. The Balaban J connectivity index is 1.82. The van der Waals surface area contributed by atoms with Crippen molar-refractivity contribution < 1.29 is 9.59 Å². The molecule has 1 fully saturated rings. The van der Waals surface area contributed by atoms with Crippen LogP contribution < -0.4 is 16.0 Å². The molecule has 1 aromatic heterocycles. The third kappa shape index (κ3) is 3.30. The second-order valence-corrected chi connectivity index (χ2v) is 6.35. The van der Waals surface area contributed by atoms with E-state index in [-0.39, 0.29) is 11.8 Å². The highest BCUT2D eigenvalue weighted by Crippen LogP contribution is 2.29. The fourth-order valence-corrected chi connectivity index (χ4v) is 3.30. The minimum atomic E-state index is -0.222. The predicted molar refractivity (Wildman–Crippen MR) is 95.0 cm³/mol. The third-order valence-corrected chi connectivity index (χ3v) is 4.58. The highest BCUT2D eigenvalue weighted by molar-refractivity contribution is 7.80. The average Bonchev–Trinajstić information content (AvgIpc) is 3.14. The van der Waals surface area contributed by atoms with Crippen LogP contribution >= 0.6 is 23.6 Å². The van der Waals surface area contributed by atoms with Gasteiger partial charge < -0.3 is 10.6 Å². The van der Waals surface area contributed by atoms with Gasteiger partial charge in [0, 0.05) is 22.4 Å². The summed E-state index contributed by atoms with van der Waals surface area (Å²) in [6, 6.07) is 11.3. The lowest BCUT2D eigenvalue weighted by Gasteiger charge is -2.01. The van der Waals surface area contributed by atoms with Crippen molar-refractivity contribution in [2.24, 2.45) is 0 Å². The number of thiophene rings is 1. The first-order chi connectivity index (χ1) is 11.1. The van der Waals surface area contributed by atoms with E-state index < -0.39 is 0 Å². The topological polar surface area (TPSA) is 70.2 Å². The summed E-state index contributed by atoms with van der Waals surface area (Å²) in [7, 11) is 1.61. The molecule has 0 unspecified atom stereocenters. The average molecular weight is 343 g/mol. The van der Waals surface area contributed by atoms with Crippen molar-refractivity contribution >= 4 is 46.6 Å². The monoisotopic (exact) mass is 343 g/mol. The number of carbonyl (C=O) groups excluding carboxylic acids is 2. The summed E-state index contributed by atoms with van der Waals surface area (Å²) in [6.45, 7) is 0. The second kappa shape index (κ2) is 6.31. The van der Waals surface area contributed by atoms with Crippen LogP contribution in [-0.2, 0) is 4.79 Å². The van der Waals surface area contributed by atoms with Crippen molar-refractivity contribution in [1.29, 1.82) is 0 Å². The summed E-state index contributed by atoms with van der Waals surface area (Å²) in [6.07, 6.45) is 1.77. The summed E-state index contributed by atoms with van der Waals surface area (Å²) >= 11 is 6.46. The smallest absolute Gasteiger partial charge is 0.273 e. The van der Waals surface area contributed by atoms with Crippen molar-refractivity contribution in [3.8, 4) is 10.4 Å².